The molecule has 1 saturated heterocycles. The van der Waals surface area contributed by atoms with E-state index < -0.39 is 15.6 Å². The number of sulfonamides is 1. The van der Waals surface area contributed by atoms with Gasteiger partial charge in [0.15, 0.2) is 21.6 Å². The number of aromatic hydroxyl groups is 1. The number of unbranched alkanes of at least 4 members (excludes halogenated alkanes) is 1. The fraction of sp³-hybridized carbons (Fsp3) is 0.667. The number of piperazine rings is 1. The average Bonchev–Trinajstić information content (AvgIpc) is 3.69. The lowest BCUT2D eigenvalue weighted by Gasteiger charge is -2.32. The van der Waals surface area contributed by atoms with E-state index in [1.165, 1.54) is 16.9 Å². The predicted molar refractivity (Wildman–Crippen MR) is 180 cm³/mol. The molecule has 4 rings (SSSR count). The second-order valence-electron chi connectivity index (χ2n) is 13.8. The smallest absolute Gasteiger partial charge is 0.256 e. The second kappa shape index (κ2) is 13.6. The molecule has 1 aliphatic heterocycles. The summed E-state index contributed by atoms with van der Waals surface area (Å²) in [5.41, 5.74) is 0.658. The van der Waals surface area contributed by atoms with Gasteiger partial charge < -0.3 is 29.5 Å². The Bertz CT molecular complexity index is 1480. The van der Waals surface area contributed by atoms with Gasteiger partial charge in [-0.15, -0.1) is 11.3 Å². The molecule has 1 atom stereocenters. The van der Waals surface area contributed by atoms with E-state index in [2.05, 4.69) is 57.7 Å². The van der Waals surface area contributed by atoms with Gasteiger partial charge >= 0.3 is 0 Å². The molecule has 0 amide bonds. The normalized spacial score (nSPS) is 16.5. The van der Waals surface area contributed by atoms with Crippen LogP contribution in [0.2, 0.25) is 0 Å². The number of furan rings is 1. The summed E-state index contributed by atoms with van der Waals surface area (Å²) in [6.07, 6.45) is 5.10. The number of nitrogens with zero attached hydrogens (tertiary/aromatic N) is 6. The monoisotopic (exact) mass is 667 g/mol. The third-order valence-electron chi connectivity index (χ3n) is 8.29. The Morgan fingerprint density at radius 3 is 2.41 bits per heavy atom. The van der Waals surface area contributed by atoms with Crippen molar-refractivity contribution in [2.24, 2.45) is 5.41 Å². The van der Waals surface area contributed by atoms with Crippen LogP contribution in [0.4, 0.5) is 17.3 Å². The lowest BCUT2D eigenvalue weighted by atomic mass is 9.85. The molecule has 0 aliphatic carbocycles. The SMILES string of the molecule is CN1CCN(CCCCc2coc([C@H](Nc3nsnc3N(C)c3csc(S(=O)(=O)N(C)C(C)(C)C)c3O)C(C)(C)C)c2)CC1. The first-order chi connectivity index (χ1) is 20.5. The summed E-state index contributed by atoms with van der Waals surface area (Å²) < 4.78 is 42.9. The molecular formula is C30H49N7O4S3. The molecule has 1 fully saturated rings. The zero-order chi connectivity index (χ0) is 32.4. The first-order valence-corrected chi connectivity index (χ1v) is 18.2. The Kier molecular flexibility index (Phi) is 10.7. The predicted octanol–water partition coefficient (Wildman–Crippen LogP) is 5.85. The molecule has 2 N–H and O–H groups in total. The van der Waals surface area contributed by atoms with Crippen molar-refractivity contribution in [2.75, 3.05) is 64.1 Å². The fourth-order valence-corrected chi connectivity index (χ4v) is 8.64. The molecule has 0 spiro atoms. The zero-order valence-electron chi connectivity index (χ0n) is 27.5. The van der Waals surface area contributed by atoms with Gasteiger partial charge in [-0.3, -0.25) is 0 Å². The number of hydrogen-bond acceptors (Lipinski definition) is 12. The summed E-state index contributed by atoms with van der Waals surface area (Å²) in [5.74, 6) is 1.54. The minimum Gasteiger partial charge on any atom is -0.504 e. The minimum absolute atomic E-state index is 0.103. The molecule has 0 saturated carbocycles. The molecule has 14 heteroatoms. The summed E-state index contributed by atoms with van der Waals surface area (Å²) in [6.45, 7) is 17.6. The van der Waals surface area contributed by atoms with Crippen LogP contribution in [0, 0.1) is 5.41 Å². The summed E-state index contributed by atoms with van der Waals surface area (Å²) in [4.78, 5) is 6.60. The summed E-state index contributed by atoms with van der Waals surface area (Å²) in [7, 11) is 1.55. The summed E-state index contributed by atoms with van der Waals surface area (Å²) in [6, 6.07) is 1.93. The third-order valence-corrected chi connectivity index (χ3v) is 12.4. The van der Waals surface area contributed by atoms with Crippen molar-refractivity contribution in [1.82, 2.24) is 22.9 Å². The van der Waals surface area contributed by atoms with Gasteiger partial charge in [-0.2, -0.15) is 13.1 Å². The van der Waals surface area contributed by atoms with Gasteiger partial charge in [0.05, 0.1) is 29.7 Å². The summed E-state index contributed by atoms with van der Waals surface area (Å²) in [5, 5.41) is 16.3. The van der Waals surface area contributed by atoms with Crippen molar-refractivity contribution in [3.8, 4) is 5.75 Å². The lowest BCUT2D eigenvalue weighted by Crippen LogP contribution is -2.44. The molecular weight excluding hydrogens is 619 g/mol. The zero-order valence-corrected chi connectivity index (χ0v) is 30.0. The van der Waals surface area contributed by atoms with Gasteiger partial charge in [-0.1, -0.05) is 20.8 Å². The van der Waals surface area contributed by atoms with Gasteiger partial charge in [0.25, 0.3) is 10.0 Å². The van der Waals surface area contributed by atoms with Crippen molar-refractivity contribution in [2.45, 2.75) is 76.6 Å². The first-order valence-electron chi connectivity index (χ1n) is 15.1. The van der Waals surface area contributed by atoms with Crippen molar-refractivity contribution >= 4 is 50.4 Å². The van der Waals surface area contributed by atoms with Gasteiger partial charge in [-0.05, 0) is 70.7 Å². The van der Waals surface area contributed by atoms with E-state index in [1.807, 2.05) is 27.0 Å². The number of likely N-dealkylation sites (N-methyl/N-ethyl adjacent to an activating group) is 1. The van der Waals surface area contributed by atoms with Crippen LogP contribution in [0.3, 0.4) is 0 Å². The number of anilines is 3. The molecule has 4 heterocycles. The molecule has 11 nitrogen and oxygen atoms in total. The third kappa shape index (κ3) is 7.94. The number of aromatic nitrogens is 2. The van der Waals surface area contributed by atoms with Crippen LogP contribution in [0.25, 0.3) is 0 Å². The van der Waals surface area contributed by atoms with E-state index >= 15 is 0 Å². The van der Waals surface area contributed by atoms with Crippen LogP contribution < -0.4 is 10.2 Å². The van der Waals surface area contributed by atoms with Gasteiger partial charge in [-0.25, -0.2) is 8.42 Å². The molecule has 0 radical (unpaired) electrons. The van der Waals surface area contributed by atoms with Crippen molar-refractivity contribution in [3.05, 3.63) is 29.0 Å². The van der Waals surface area contributed by atoms with Crippen LogP contribution in [0.1, 0.15) is 71.7 Å². The highest BCUT2D eigenvalue weighted by Gasteiger charge is 2.36. The molecule has 0 unspecified atom stereocenters. The Morgan fingerprint density at radius 2 is 1.77 bits per heavy atom. The molecule has 44 heavy (non-hydrogen) atoms. The van der Waals surface area contributed by atoms with Crippen LogP contribution in [0.5, 0.6) is 5.75 Å². The first kappa shape index (κ1) is 34.6. The van der Waals surface area contributed by atoms with Crippen LogP contribution in [-0.4, -0.2) is 95.8 Å². The van der Waals surface area contributed by atoms with E-state index in [4.69, 9.17) is 4.42 Å². The molecule has 1 aliphatic rings. The maximum absolute atomic E-state index is 13.3. The largest absolute Gasteiger partial charge is 0.504 e. The summed E-state index contributed by atoms with van der Waals surface area (Å²) >= 11 is 2.03. The standard InChI is InChI=1S/C30H49N7O4S3/c1-29(2,3)25(23-18-21(19-41-23)12-10-11-13-37-16-14-34(7)15-17-37)31-26-27(33-43-32-26)35(8)22-20-42-28(24(22)38)44(39,40)36(9)30(4,5)6/h18-20,25,38H,10-17H2,1-9H3,(H,31,32)/t25-/m0/s1. The van der Waals surface area contributed by atoms with E-state index in [9.17, 15) is 13.5 Å². The highest BCUT2D eigenvalue weighted by Crippen LogP contribution is 2.45. The Morgan fingerprint density at radius 1 is 1.09 bits per heavy atom. The number of nitrogens with one attached hydrogen (secondary N) is 1. The second-order valence-corrected chi connectivity index (χ2v) is 17.4. The van der Waals surface area contributed by atoms with Crippen LogP contribution in [0.15, 0.2) is 26.3 Å². The minimum atomic E-state index is -3.90. The maximum Gasteiger partial charge on any atom is 0.256 e. The Balaban J connectivity index is 1.46. The van der Waals surface area contributed by atoms with E-state index in [0.29, 0.717) is 17.3 Å². The highest BCUT2D eigenvalue weighted by molar-refractivity contribution is 7.91. The molecule has 3 aromatic rings. The van der Waals surface area contributed by atoms with Crippen LogP contribution in [-0.2, 0) is 16.4 Å². The Hall–Kier alpha value is -2.23. The molecule has 246 valence electrons. The van der Waals surface area contributed by atoms with E-state index in [-0.39, 0.29) is 21.4 Å². The van der Waals surface area contributed by atoms with Crippen LogP contribution >= 0.6 is 23.1 Å². The average molecular weight is 668 g/mol. The van der Waals surface area contributed by atoms with Gasteiger partial charge in [0.1, 0.15) is 5.76 Å². The van der Waals surface area contributed by atoms with E-state index in [0.717, 1.165) is 80.8 Å². The lowest BCUT2D eigenvalue weighted by molar-refractivity contribution is 0.152. The Labute approximate surface area is 271 Å². The topological polar surface area (TPSA) is 118 Å². The molecule has 0 aromatic carbocycles. The van der Waals surface area contributed by atoms with Crippen molar-refractivity contribution < 1.29 is 17.9 Å². The molecule has 3 aromatic heterocycles. The van der Waals surface area contributed by atoms with Crippen molar-refractivity contribution in [1.29, 1.82) is 0 Å². The fourth-order valence-electron chi connectivity index (χ4n) is 5.10. The quantitative estimate of drug-likeness (QED) is 0.228. The van der Waals surface area contributed by atoms with Gasteiger partial charge in [0.2, 0.25) is 0 Å². The number of thiophene rings is 1. The number of aryl methyl sites for hydroxylation is 1. The maximum atomic E-state index is 13.3. The van der Waals surface area contributed by atoms with E-state index in [1.54, 1.807) is 17.3 Å². The molecule has 0 bridgehead atoms. The number of rotatable bonds is 12. The highest BCUT2D eigenvalue weighted by atomic mass is 32.2. The number of hydrogen-bond donors (Lipinski definition) is 2. The van der Waals surface area contributed by atoms with Crippen molar-refractivity contribution in [3.63, 3.8) is 0 Å². The van der Waals surface area contributed by atoms with Gasteiger partial charge in [0, 0.05) is 51.2 Å².